The van der Waals surface area contributed by atoms with Crippen LogP contribution in [0.5, 0.6) is 0 Å². The van der Waals surface area contributed by atoms with E-state index in [0.717, 1.165) is 32.1 Å². The van der Waals surface area contributed by atoms with Crippen LogP contribution in [0.1, 0.15) is 59.3 Å². The predicted octanol–water partition coefficient (Wildman–Crippen LogP) is 3.75. The summed E-state index contributed by atoms with van der Waals surface area (Å²) in [5.41, 5.74) is 1.67. The summed E-state index contributed by atoms with van der Waals surface area (Å²) in [6, 6.07) is 0. The molecule has 3 rings (SSSR count). The minimum absolute atomic E-state index is 0.0352. The first-order valence-corrected chi connectivity index (χ1v) is 9.09. The number of hydrogen-bond donors (Lipinski definition) is 0. The van der Waals surface area contributed by atoms with Gasteiger partial charge in [-0.05, 0) is 52.4 Å². The van der Waals surface area contributed by atoms with Gasteiger partial charge in [-0.3, -0.25) is 4.79 Å². The molecule has 4 nitrogen and oxygen atoms in total. The minimum Gasteiger partial charge on any atom is -0.450 e. The molecule has 2 fully saturated rings. The molecule has 3 aliphatic rings. The molecule has 2 saturated heterocycles. The predicted molar refractivity (Wildman–Crippen MR) is 91.4 cm³/mol. The number of epoxide rings is 1. The van der Waals surface area contributed by atoms with Crippen molar-refractivity contribution in [2.75, 3.05) is 0 Å². The molecule has 2 heterocycles. The van der Waals surface area contributed by atoms with Gasteiger partial charge in [0.2, 0.25) is 0 Å². The number of hydrogen-bond acceptors (Lipinski definition) is 4. The van der Waals surface area contributed by atoms with Crippen molar-refractivity contribution in [3.05, 3.63) is 23.8 Å². The van der Waals surface area contributed by atoms with Crippen LogP contribution in [0.4, 0.5) is 0 Å². The molecular weight excluding hydrogens is 304 g/mol. The summed E-state index contributed by atoms with van der Waals surface area (Å²) in [5.74, 6) is -0.722. The molecule has 0 radical (unpaired) electrons. The monoisotopic (exact) mass is 332 g/mol. The average Bonchev–Trinajstić information content (AvgIpc) is 3.08. The van der Waals surface area contributed by atoms with Gasteiger partial charge in [-0.2, -0.15) is 0 Å². The Hall–Kier alpha value is -1.42. The molecule has 0 aromatic rings. The highest BCUT2D eigenvalue weighted by atomic mass is 16.6. The Kier molecular flexibility index (Phi) is 4.69. The van der Waals surface area contributed by atoms with Crippen molar-refractivity contribution in [3.8, 4) is 0 Å². The summed E-state index contributed by atoms with van der Waals surface area (Å²) in [5, 5.41) is 0. The standard InChI is InChI=1S/C20H28O4/c1-12-7-5-9-13(2)17(21)18-15(14(3)19(22)23-18)11-16-20(4,24-16)10-6-8-12/h8,13,15-16,18H,3,5-7,9-11H2,1-2,4H3/b12-8+/t13?,15?,16-,18?,20-/m1/s1. The highest BCUT2D eigenvalue weighted by molar-refractivity contribution is 5.98. The van der Waals surface area contributed by atoms with Crippen molar-refractivity contribution in [1.29, 1.82) is 0 Å². The molecule has 3 unspecified atom stereocenters. The van der Waals surface area contributed by atoms with Gasteiger partial charge >= 0.3 is 5.97 Å². The molecule has 0 N–H and O–H groups in total. The van der Waals surface area contributed by atoms with Gasteiger partial charge < -0.3 is 9.47 Å². The molecule has 132 valence electrons. The van der Waals surface area contributed by atoms with E-state index in [4.69, 9.17) is 9.47 Å². The minimum atomic E-state index is -0.673. The van der Waals surface area contributed by atoms with E-state index in [9.17, 15) is 9.59 Å². The van der Waals surface area contributed by atoms with E-state index in [1.54, 1.807) is 0 Å². The summed E-state index contributed by atoms with van der Waals surface area (Å²) in [4.78, 5) is 24.8. The number of carbonyl (C=O) groups excluding carboxylic acids is 2. The summed E-state index contributed by atoms with van der Waals surface area (Å²) in [6.45, 7) is 10.1. The highest BCUT2D eigenvalue weighted by Gasteiger charge is 2.55. The normalized spacial score (nSPS) is 43.1. The second kappa shape index (κ2) is 6.47. The molecule has 0 aromatic heterocycles. The van der Waals surface area contributed by atoms with E-state index in [-0.39, 0.29) is 29.3 Å². The molecule has 2 aliphatic heterocycles. The maximum Gasteiger partial charge on any atom is 0.334 e. The molecule has 0 spiro atoms. The number of esters is 1. The van der Waals surface area contributed by atoms with Gasteiger partial charge in [-0.25, -0.2) is 4.79 Å². The molecular formula is C20H28O4. The van der Waals surface area contributed by atoms with E-state index in [2.05, 4.69) is 26.5 Å². The molecule has 5 atom stereocenters. The maximum absolute atomic E-state index is 12.8. The Morgan fingerprint density at radius 1 is 1.33 bits per heavy atom. The lowest BCUT2D eigenvalue weighted by molar-refractivity contribution is -0.148. The van der Waals surface area contributed by atoms with Gasteiger partial charge in [0.15, 0.2) is 11.9 Å². The number of carbonyl (C=O) groups is 2. The topological polar surface area (TPSA) is 55.9 Å². The van der Waals surface area contributed by atoms with Gasteiger partial charge in [0.05, 0.1) is 11.7 Å². The van der Waals surface area contributed by atoms with Crippen molar-refractivity contribution in [1.82, 2.24) is 0 Å². The van der Waals surface area contributed by atoms with Crippen LogP contribution in [0.25, 0.3) is 0 Å². The third kappa shape index (κ3) is 3.34. The quantitative estimate of drug-likeness (QED) is 0.293. The Balaban J connectivity index is 1.81. The fraction of sp³-hybridized carbons (Fsp3) is 0.700. The van der Waals surface area contributed by atoms with Crippen LogP contribution < -0.4 is 0 Å². The number of fused-ring (bicyclic) bond motifs is 2. The van der Waals surface area contributed by atoms with Crippen LogP contribution in [0.2, 0.25) is 0 Å². The lowest BCUT2D eigenvalue weighted by Gasteiger charge is -2.20. The SMILES string of the molecule is C=C1C(=O)OC2C(=O)C(C)CCC/C(C)=C/CC[C@@]3(C)O[C@@H]3CC12. The smallest absolute Gasteiger partial charge is 0.334 e. The maximum atomic E-state index is 12.8. The van der Waals surface area contributed by atoms with Gasteiger partial charge in [-0.1, -0.05) is 25.2 Å². The number of ether oxygens (including phenoxy) is 2. The summed E-state index contributed by atoms with van der Waals surface area (Å²) in [6.07, 6.45) is 7.16. The van der Waals surface area contributed by atoms with E-state index >= 15 is 0 Å². The van der Waals surface area contributed by atoms with Crippen LogP contribution in [0, 0.1) is 11.8 Å². The highest BCUT2D eigenvalue weighted by Crippen LogP contribution is 2.47. The number of rotatable bonds is 0. The van der Waals surface area contributed by atoms with Crippen LogP contribution in [-0.2, 0) is 19.1 Å². The van der Waals surface area contributed by atoms with Gasteiger partial charge in [0.25, 0.3) is 0 Å². The summed E-state index contributed by atoms with van der Waals surface area (Å²) < 4.78 is 11.3. The van der Waals surface area contributed by atoms with Crippen molar-refractivity contribution in [2.24, 2.45) is 11.8 Å². The van der Waals surface area contributed by atoms with Crippen molar-refractivity contribution in [2.45, 2.75) is 77.1 Å². The Labute approximate surface area is 144 Å². The first kappa shape index (κ1) is 17.4. The largest absolute Gasteiger partial charge is 0.450 e. The van der Waals surface area contributed by atoms with Crippen LogP contribution in [0.3, 0.4) is 0 Å². The zero-order chi connectivity index (χ0) is 17.5. The molecule has 24 heavy (non-hydrogen) atoms. The molecule has 4 heteroatoms. The fourth-order valence-electron chi connectivity index (χ4n) is 3.99. The van der Waals surface area contributed by atoms with Crippen molar-refractivity contribution in [3.63, 3.8) is 0 Å². The average molecular weight is 332 g/mol. The molecule has 1 aliphatic carbocycles. The van der Waals surface area contributed by atoms with Crippen LogP contribution in [-0.4, -0.2) is 29.6 Å². The molecule has 0 amide bonds. The van der Waals surface area contributed by atoms with Crippen LogP contribution in [0.15, 0.2) is 23.8 Å². The van der Waals surface area contributed by atoms with Gasteiger partial charge in [0, 0.05) is 17.4 Å². The van der Waals surface area contributed by atoms with Gasteiger partial charge in [-0.15, -0.1) is 0 Å². The fourth-order valence-corrected chi connectivity index (χ4v) is 3.99. The molecule has 0 aromatic carbocycles. The molecule has 0 bridgehead atoms. The first-order chi connectivity index (χ1) is 11.3. The second-order valence-electron chi connectivity index (χ2n) is 7.90. The Morgan fingerprint density at radius 2 is 2.08 bits per heavy atom. The van der Waals surface area contributed by atoms with E-state index in [1.807, 2.05) is 6.92 Å². The zero-order valence-electron chi connectivity index (χ0n) is 15.0. The molecule has 0 saturated carbocycles. The van der Waals surface area contributed by atoms with Gasteiger partial charge in [0.1, 0.15) is 0 Å². The summed E-state index contributed by atoms with van der Waals surface area (Å²) >= 11 is 0. The Bertz CT molecular complexity index is 590. The lowest BCUT2D eigenvalue weighted by Crippen LogP contribution is -2.33. The van der Waals surface area contributed by atoms with Crippen molar-refractivity contribution < 1.29 is 19.1 Å². The Morgan fingerprint density at radius 3 is 2.83 bits per heavy atom. The first-order valence-electron chi connectivity index (χ1n) is 9.09. The third-order valence-corrected chi connectivity index (χ3v) is 5.92. The van der Waals surface area contributed by atoms with Crippen LogP contribution >= 0.6 is 0 Å². The number of ketones is 1. The van der Waals surface area contributed by atoms with E-state index < -0.39 is 12.1 Å². The number of Topliss-reactive ketones (excluding diaryl/α,β-unsaturated/α-hetero) is 1. The van der Waals surface area contributed by atoms with E-state index in [0.29, 0.717) is 12.0 Å². The van der Waals surface area contributed by atoms with Crippen molar-refractivity contribution >= 4 is 11.8 Å². The van der Waals surface area contributed by atoms with E-state index in [1.165, 1.54) is 5.57 Å². The summed E-state index contributed by atoms with van der Waals surface area (Å²) in [7, 11) is 0. The third-order valence-electron chi connectivity index (χ3n) is 5.92. The lowest BCUT2D eigenvalue weighted by atomic mass is 9.82. The zero-order valence-corrected chi connectivity index (χ0v) is 15.0. The second-order valence-corrected chi connectivity index (χ2v) is 7.90. The number of allylic oxidation sites excluding steroid dienone is 2.